The molecule has 0 spiro atoms. The van der Waals surface area contributed by atoms with Gasteiger partial charge in [0.1, 0.15) is 11.5 Å². The fraction of sp³-hybridized carbons (Fsp3) is 0.200. The number of nitrogens with one attached hydrogen (secondary N) is 1. The van der Waals surface area contributed by atoms with Crippen LogP contribution in [-0.4, -0.2) is 36.4 Å². The van der Waals surface area contributed by atoms with Gasteiger partial charge in [0, 0.05) is 5.69 Å². The van der Waals surface area contributed by atoms with Gasteiger partial charge in [-0.25, -0.2) is 0 Å². The Morgan fingerprint density at radius 1 is 1.04 bits per heavy atom. The number of amides is 2. The molecular weight excluding hydrogens is 364 g/mol. The number of hydrogen-bond acceptors (Lipinski definition) is 6. The molecule has 0 atom stereocenters. The van der Waals surface area contributed by atoms with Crippen LogP contribution >= 0.6 is 11.8 Å². The van der Waals surface area contributed by atoms with Crippen molar-refractivity contribution >= 4 is 34.7 Å². The van der Waals surface area contributed by atoms with Gasteiger partial charge < -0.3 is 14.8 Å². The smallest absolute Gasteiger partial charge is 0.295 e. The van der Waals surface area contributed by atoms with E-state index in [4.69, 9.17) is 9.47 Å². The monoisotopic (exact) mass is 384 g/mol. The van der Waals surface area contributed by atoms with Crippen LogP contribution in [0.2, 0.25) is 0 Å². The highest BCUT2D eigenvalue weighted by Crippen LogP contribution is 2.32. The van der Waals surface area contributed by atoms with Gasteiger partial charge in [0.2, 0.25) is 0 Å². The Bertz CT molecular complexity index is 847. The molecule has 2 aromatic rings. The molecule has 6 nitrogen and oxygen atoms in total. The van der Waals surface area contributed by atoms with E-state index in [1.165, 1.54) is 4.90 Å². The number of imide groups is 1. The number of hydrogen-bond donors (Lipinski definition) is 1. The minimum absolute atomic E-state index is 0.109. The first kappa shape index (κ1) is 18.8. The van der Waals surface area contributed by atoms with Crippen LogP contribution in [0.3, 0.4) is 0 Å². The molecule has 1 heterocycles. The molecule has 27 heavy (non-hydrogen) atoms. The highest BCUT2D eigenvalue weighted by Gasteiger charge is 2.34. The maximum atomic E-state index is 12.5. The van der Waals surface area contributed by atoms with E-state index in [1.807, 2.05) is 55.5 Å². The predicted molar refractivity (Wildman–Crippen MR) is 107 cm³/mol. The van der Waals surface area contributed by atoms with E-state index in [1.54, 1.807) is 13.2 Å². The highest BCUT2D eigenvalue weighted by atomic mass is 32.2. The maximum Gasteiger partial charge on any atom is 0.295 e. The van der Waals surface area contributed by atoms with Crippen molar-refractivity contribution in [2.24, 2.45) is 0 Å². The van der Waals surface area contributed by atoms with Crippen LogP contribution in [-0.2, 0) is 4.79 Å². The number of carbonyl (C=O) groups excluding carboxylic acids is 2. The minimum atomic E-state index is -0.306. The summed E-state index contributed by atoms with van der Waals surface area (Å²) in [6.07, 6.45) is 1.72. The summed E-state index contributed by atoms with van der Waals surface area (Å²) in [6.45, 7) is 2.63. The van der Waals surface area contributed by atoms with Crippen molar-refractivity contribution in [1.82, 2.24) is 4.90 Å². The van der Waals surface area contributed by atoms with Crippen molar-refractivity contribution in [2.45, 2.75) is 6.92 Å². The molecule has 3 rings (SSSR count). The molecule has 1 aliphatic heterocycles. The van der Waals surface area contributed by atoms with E-state index >= 15 is 0 Å². The van der Waals surface area contributed by atoms with Crippen LogP contribution < -0.4 is 14.8 Å². The average molecular weight is 384 g/mol. The van der Waals surface area contributed by atoms with Crippen LogP contribution in [0.4, 0.5) is 10.5 Å². The number of thioether (sulfide) groups is 1. The van der Waals surface area contributed by atoms with E-state index in [0.717, 1.165) is 34.5 Å². The maximum absolute atomic E-state index is 12.5. The molecule has 1 N–H and O–H groups in total. The Hall–Kier alpha value is -2.93. The standard InChI is InChI=1S/C20H20N2O4S/c1-3-26-17-8-4-14(5-9-17)12-18-19(23)22(20(24)27-18)13-21-15-6-10-16(25-2)11-7-15/h4-12,21H,3,13H2,1-2H3. The van der Waals surface area contributed by atoms with Crippen LogP contribution in [0.25, 0.3) is 6.08 Å². The number of ether oxygens (including phenoxy) is 2. The average Bonchev–Trinajstić information content (AvgIpc) is 2.95. The molecule has 1 aliphatic rings. The van der Waals surface area contributed by atoms with Gasteiger partial charge in [0.25, 0.3) is 11.1 Å². The lowest BCUT2D eigenvalue weighted by Crippen LogP contribution is -2.33. The summed E-state index contributed by atoms with van der Waals surface area (Å²) in [5.41, 5.74) is 1.64. The quantitative estimate of drug-likeness (QED) is 0.722. The second-order valence-corrected chi connectivity index (χ2v) is 6.67. The summed E-state index contributed by atoms with van der Waals surface area (Å²) in [5, 5.41) is 2.78. The van der Waals surface area contributed by atoms with Gasteiger partial charge in [-0.1, -0.05) is 12.1 Å². The minimum Gasteiger partial charge on any atom is -0.497 e. The van der Waals surface area contributed by atoms with Crippen molar-refractivity contribution in [3.63, 3.8) is 0 Å². The lowest BCUT2D eigenvalue weighted by atomic mass is 10.2. The van der Waals surface area contributed by atoms with Crippen molar-refractivity contribution in [2.75, 3.05) is 25.7 Å². The molecule has 2 aromatic carbocycles. The van der Waals surface area contributed by atoms with Gasteiger partial charge in [-0.3, -0.25) is 14.5 Å². The zero-order valence-electron chi connectivity index (χ0n) is 15.1. The Morgan fingerprint density at radius 2 is 1.70 bits per heavy atom. The van der Waals surface area contributed by atoms with Gasteiger partial charge in [0.15, 0.2) is 0 Å². The van der Waals surface area contributed by atoms with Crippen LogP contribution in [0.5, 0.6) is 11.5 Å². The Labute approximate surface area is 162 Å². The number of methoxy groups -OCH3 is 1. The molecule has 1 fully saturated rings. The third-order valence-corrected chi connectivity index (χ3v) is 4.80. The van der Waals surface area contributed by atoms with Crippen molar-refractivity contribution in [3.8, 4) is 11.5 Å². The summed E-state index contributed by atoms with van der Waals surface area (Å²) in [6, 6.07) is 14.7. The molecule has 7 heteroatoms. The topological polar surface area (TPSA) is 67.9 Å². The second-order valence-electron chi connectivity index (χ2n) is 5.68. The first-order chi connectivity index (χ1) is 13.1. The molecule has 0 aliphatic carbocycles. The van der Waals surface area contributed by atoms with Gasteiger partial charge in [-0.05, 0) is 66.7 Å². The van der Waals surface area contributed by atoms with E-state index in [-0.39, 0.29) is 17.8 Å². The molecule has 0 bridgehead atoms. The number of nitrogens with zero attached hydrogens (tertiary/aromatic N) is 1. The lowest BCUT2D eigenvalue weighted by molar-refractivity contribution is -0.122. The zero-order chi connectivity index (χ0) is 19.2. The summed E-state index contributed by atoms with van der Waals surface area (Å²) < 4.78 is 10.5. The number of carbonyl (C=O) groups is 2. The van der Waals surface area contributed by atoms with E-state index < -0.39 is 0 Å². The van der Waals surface area contributed by atoms with Crippen LogP contribution in [0.1, 0.15) is 12.5 Å². The molecule has 0 radical (unpaired) electrons. The first-order valence-corrected chi connectivity index (χ1v) is 9.28. The molecule has 140 valence electrons. The lowest BCUT2D eigenvalue weighted by Gasteiger charge is -2.14. The number of rotatable bonds is 7. The number of benzene rings is 2. The van der Waals surface area contributed by atoms with Crippen LogP contribution in [0, 0.1) is 0 Å². The summed E-state index contributed by atoms with van der Waals surface area (Å²) >= 11 is 0.940. The van der Waals surface area contributed by atoms with Crippen LogP contribution in [0.15, 0.2) is 53.4 Å². The molecule has 0 unspecified atom stereocenters. The van der Waals surface area contributed by atoms with Gasteiger partial charge in [-0.2, -0.15) is 0 Å². The Morgan fingerprint density at radius 3 is 2.33 bits per heavy atom. The Balaban J connectivity index is 1.64. The van der Waals surface area contributed by atoms with E-state index in [2.05, 4.69) is 5.32 Å². The number of anilines is 1. The van der Waals surface area contributed by atoms with E-state index in [9.17, 15) is 9.59 Å². The summed E-state index contributed by atoms with van der Waals surface area (Å²) in [5.74, 6) is 1.20. The summed E-state index contributed by atoms with van der Waals surface area (Å²) in [7, 11) is 1.60. The van der Waals surface area contributed by atoms with Gasteiger partial charge >= 0.3 is 0 Å². The molecular formula is C20H20N2O4S. The normalized spacial score (nSPS) is 15.3. The molecule has 0 aromatic heterocycles. The largest absolute Gasteiger partial charge is 0.497 e. The fourth-order valence-electron chi connectivity index (χ4n) is 2.49. The summed E-state index contributed by atoms with van der Waals surface area (Å²) in [4.78, 5) is 26.3. The molecule has 0 saturated carbocycles. The van der Waals surface area contributed by atoms with Crippen molar-refractivity contribution in [1.29, 1.82) is 0 Å². The third-order valence-electron chi connectivity index (χ3n) is 3.89. The second kappa shape index (κ2) is 8.64. The Kier molecular flexibility index (Phi) is 6.03. The highest BCUT2D eigenvalue weighted by molar-refractivity contribution is 8.18. The molecule has 1 saturated heterocycles. The van der Waals surface area contributed by atoms with Gasteiger partial charge in [-0.15, -0.1) is 0 Å². The third kappa shape index (κ3) is 4.62. The fourth-order valence-corrected chi connectivity index (χ4v) is 3.33. The SMILES string of the molecule is CCOc1ccc(C=C2SC(=O)N(CNc3ccc(OC)cc3)C2=O)cc1. The predicted octanol–water partition coefficient (Wildman–Crippen LogP) is 4.20. The van der Waals surface area contributed by atoms with E-state index in [0.29, 0.717) is 11.5 Å². The van der Waals surface area contributed by atoms with Crippen molar-refractivity contribution in [3.05, 3.63) is 59.0 Å². The zero-order valence-corrected chi connectivity index (χ0v) is 15.9. The van der Waals surface area contributed by atoms with Gasteiger partial charge in [0.05, 0.1) is 25.3 Å². The van der Waals surface area contributed by atoms with Crippen molar-refractivity contribution < 1.29 is 19.1 Å². The molecule has 2 amide bonds. The first-order valence-electron chi connectivity index (χ1n) is 8.47.